The fraction of sp³-hybridized carbons (Fsp3) is 0.464. The van der Waals surface area contributed by atoms with E-state index in [0.29, 0.717) is 32.5 Å². The Morgan fingerprint density at radius 2 is 1.92 bits per heavy atom. The summed E-state index contributed by atoms with van der Waals surface area (Å²) in [5.41, 5.74) is 3.21. The molecule has 0 atom stereocenters. The largest absolute Gasteiger partial charge is 0.343 e. The number of benzene rings is 1. The SMILES string of the molecule is CC(=O)N1CCC2(CC1)C(=O)N(Cc1cc3cnc(C#N)nc3n1CCC(C)(C)C)c1ccccc12. The van der Waals surface area contributed by atoms with Gasteiger partial charge in [0.2, 0.25) is 17.6 Å². The van der Waals surface area contributed by atoms with E-state index in [-0.39, 0.29) is 23.1 Å². The maximum absolute atomic E-state index is 14.1. The highest BCUT2D eigenvalue weighted by atomic mass is 16.2. The van der Waals surface area contributed by atoms with Gasteiger partial charge in [0.15, 0.2) is 0 Å². The number of hydrogen-bond donors (Lipinski definition) is 0. The molecule has 2 amide bonds. The van der Waals surface area contributed by atoms with Crippen LogP contribution in [0.1, 0.15) is 64.0 Å². The van der Waals surface area contributed by atoms with Crippen LogP contribution in [0.3, 0.4) is 0 Å². The minimum Gasteiger partial charge on any atom is -0.343 e. The van der Waals surface area contributed by atoms with Gasteiger partial charge in [0.05, 0.1) is 12.0 Å². The third-order valence-electron chi connectivity index (χ3n) is 7.65. The number of rotatable bonds is 4. The highest BCUT2D eigenvalue weighted by molar-refractivity contribution is 6.08. The number of carbonyl (C=O) groups is 2. The molecule has 0 radical (unpaired) electrons. The average Bonchev–Trinajstić information content (AvgIpc) is 3.31. The third kappa shape index (κ3) is 4.02. The second kappa shape index (κ2) is 8.74. The van der Waals surface area contributed by atoms with Crippen LogP contribution in [0.2, 0.25) is 0 Å². The number of para-hydroxylation sites is 1. The quantitative estimate of drug-likeness (QED) is 0.554. The number of nitriles is 1. The second-order valence-corrected chi connectivity index (χ2v) is 11.2. The van der Waals surface area contributed by atoms with Gasteiger partial charge in [0, 0.05) is 49.5 Å². The van der Waals surface area contributed by atoms with Gasteiger partial charge in [-0.2, -0.15) is 5.26 Å². The number of piperidine rings is 1. The monoisotopic (exact) mass is 484 g/mol. The summed E-state index contributed by atoms with van der Waals surface area (Å²) < 4.78 is 2.14. The molecule has 36 heavy (non-hydrogen) atoms. The summed E-state index contributed by atoms with van der Waals surface area (Å²) in [6.45, 7) is 10.5. The fourth-order valence-corrected chi connectivity index (χ4v) is 5.58. The van der Waals surface area contributed by atoms with E-state index in [9.17, 15) is 14.9 Å². The van der Waals surface area contributed by atoms with Crippen molar-refractivity contribution in [2.45, 2.75) is 65.5 Å². The topological polar surface area (TPSA) is 95.1 Å². The van der Waals surface area contributed by atoms with Gasteiger partial charge in [-0.15, -0.1) is 0 Å². The molecular formula is C28H32N6O2. The van der Waals surface area contributed by atoms with Crippen molar-refractivity contribution in [1.82, 2.24) is 19.4 Å². The zero-order valence-corrected chi connectivity index (χ0v) is 21.4. The van der Waals surface area contributed by atoms with E-state index in [1.165, 1.54) is 0 Å². The molecule has 4 heterocycles. The van der Waals surface area contributed by atoms with Gasteiger partial charge in [0.25, 0.3) is 0 Å². The van der Waals surface area contributed by atoms with Crippen molar-refractivity contribution in [3.8, 4) is 6.07 Å². The molecule has 8 nitrogen and oxygen atoms in total. The number of carbonyl (C=O) groups excluding carboxylic acids is 2. The number of aromatic nitrogens is 3. The minimum absolute atomic E-state index is 0.0571. The normalized spacial score (nSPS) is 17.0. The summed E-state index contributed by atoms with van der Waals surface area (Å²) in [6.07, 6.45) is 3.87. The first-order chi connectivity index (χ1) is 17.1. The summed E-state index contributed by atoms with van der Waals surface area (Å²) in [5.74, 6) is 0.299. The summed E-state index contributed by atoms with van der Waals surface area (Å²) in [4.78, 5) is 38.4. The molecular weight excluding hydrogens is 452 g/mol. The Morgan fingerprint density at radius 1 is 1.19 bits per heavy atom. The molecule has 0 unspecified atom stereocenters. The number of anilines is 1. The summed E-state index contributed by atoms with van der Waals surface area (Å²) in [5, 5.41) is 10.2. The maximum atomic E-state index is 14.1. The molecule has 2 aromatic heterocycles. The van der Waals surface area contributed by atoms with Crippen molar-refractivity contribution < 1.29 is 9.59 Å². The van der Waals surface area contributed by atoms with Crippen LogP contribution >= 0.6 is 0 Å². The standard InChI is InChI=1S/C28H32N6O2/c1-19(35)32-12-10-28(11-13-32)22-7-5-6-8-23(22)34(26(28)36)18-21-15-20-17-30-24(16-29)31-25(20)33(21)14-9-27(2,3)4/h5-8,15,17H,9-14,18H2,1-4H3. The summed E-state index contributed by atoms with van der Waals surface area (Å²) in [6, 6.07) is 12.1. The van der Waals surface area contributed by atoms with Crippen molar-refractivity contribution in [3.63, 3.8) is 0 Å². The molecule has 5 rings (SSSR count). The van der Waals surface area contributed by atoms with Crippen LogP contribution in [0.15, 0.2) is 36.5 Å². The Balaban J connectivity index is 1.54. The van der Waals surface area contributed by atoms with Crippen LogP contribution in [0.5, 0.6) is 0 Å². The second-order valence-electron chi connectivity index (χ2n) is 11.2. The van der Waals surface area contributed by atoms with Crippen LogP contribution in [-0.4, -0.2) is 44.3 Å². The zero-order valence-electron chi connectivity index (χ0n) is 21.4. The molecule has 3 aromatic rings. The maximum Gasteiger partial charge on any atom is 0.238 e. The number of aryl methyl sites for hydroxylation is 1. The first-order valence-corrected chi connectivity index (χ1v) is 12.6. The van der Waals surface area contributed by atoms with Gasteiger partial charge in [-0.3, -0.25) is 9.59 Å². The van der Waals surface area contributed by atoms with Crippen molar-refractivity contribution in [3.05, 3.63) is 53.6 Å². The molecule has 186 valence electrons. The number of likely N-dealkylation sites (tertiary alicyclic amines) is 1. The molecule has 1 spiro atoms. The molecule has 0 bridgehead atoms. The van der Waals surface area contributed by atoms with E-state index in [1.807, 2.05) is 40.1 Å². The lowest BCUT2D eigenvalue weighted by atomic mass is 9.73. The van der Waals surface area contributed by atoms with Gasteiger partial charge in [-0.05, 0) is 42.4 Å². The van der Waals surface area contributed by atoms with Crippen LogP contribution in [0.4, 0.5) is 5.69 Å². The highest BCUT2D eigenvalue weighted by Gasteiger charge is 2.52. The lowest BCUT2D eigenvalue weighted by Gasteiger charge is -2.38. The van der Waals surface area contributed by atoms with Crippen LogP contribution in [0, 0.1) is 16.7 Å². The molecule has 1 saturated heterocycles. The number of amides is 2. The van der Waals surface area contributed by atoms with Crippen LogP contribution in [-0.2, 0) is 28.1 Å². The van der Waals surface area contributed by atoms with E-state index in [1.54, 1.807) is 13.1 Å². The van der Waals surface area contributed by atoms with Gasteiger partial charge in [-0.25, -0.2) is 9.97 Å². The lowest BCUT2D eigenvalue weighted by molar-refractivity contribution is -0.133. The number of fused-ring (bicyclic) bond motifs is 3. The van der Waals surface area contributed by atoms with E-state index in [2.05, 4.69) is 41.4 Å². The first kappa shape index (κ1) is 24.0. The van der Waals surface area contributed by atoms with Crippen molar-refractivity contribution in [2.24, 2.45) is 5.41 Å². The fourth-order valence-electron chi connectivity index (χ4n) is 5.58. The Kier molecular flexibility index (Phi) is 5.82. The number of hydrogen-bond acceptors (Lipinski definition) is 5. The average molecular weight is 485 g/mol. The summed E-state index contributed by atoms with van der Waals surface area (Å²) in [7, 11) is 0. The molecule has 0 saturated carbocycles. The zero-order chi connectivity index (χ0) is 25.7. The Morgan fingerprint density at radius 3 is 2.58 bits per heavy atom. The van der Waals surface area contributed by atoms with Gasteiger partial charge >= 0.3 is 0 Å². The van der Waals surface area contributed by atoms with E-state index in [0.717, 1.165) is 40.9 Å². The van der Waals surface area contributed by atoms with Crippen molar-refractivity contribution in [2.75, 3.05) is 18.0 Å². The van der Waals surface area contributed by atoms with Crippen molar-refractivity contribution in [1.29, 1.82) is 5.26 Å². The molecule has 8 heteroatoms. The molecule has 0 N–H and O–H groups in total. The van der Waals surface area contributed by atoms with Crippen LogP contribution < -0.4 is 4.90 Å². The van der Waals surface area contributed by atoms with E-state index >= 15 is 0 Å². The smallest absolute Gasteiger partial charge is 0.238 e. The molecule has 2 aliphatic rings. The molecule has 2 aliphatic heterocycles. The Hall–Kier alpha value is -3.73. The first-order valence-electron chi connectivity index (χ1n) is 12.6. The van der Waals surface area contributed by atoms with Crippen molar-refractivity contribution >= 4 is 28.5 Å². The predicted octanol–water partition coefficient (Wildman–Crippen LogP) is 4.17. The number of nitrogens with zero attached hydrogens (tertiary/aromatic N) is 6. The van der Waals surface area contributed by atoms with Gasteiger partial charge < -0.3 is 14.4 Å². The highest BCUT2D eigenvalue weighted by Crippen LogP contribution is 2.48. The van der Waals surface area contributed by atoms with E-state index in [4.69, 9.17) is 0 Å². The molecule has 0 aliphatic carbocycles. The Labute approximate surface area is 211 Å². The molecule has 1 aromatic carbocycles. The Bertz CT molecular complexity index is 1390. The van der Waals surface area contributed by atoms with E-state index < -0.39 is 5.41 Å². The molecule has 1 fully saturated rings. The predicted molar refractivity (Wildman–Crippen MR) is 137 cm³/mol. The van der Waals surface area contributed by atoms with Crippen LogP contribution in [0.25, 0.3) is 11.0 Å². The summed E-state index contributed by atoms with van der Waals surface area (Å²) >= 11 is 0. The third-order valence-corrected chi connectivity index (χ3v) is 7.65. The van der Waals surface area contributed by atoms with Gasteiger partial charge in [-0.1, -0.05) is 39.0 Å². The minimum atomic E-state index is -0.599. The van der Waals surface area contributed by atoms with Gasteiger partial charge in [0.1, 0.15) is 11.7 Å². The lowest BCUT2D eigenvalue weighted by Crippen LogP contribution is -2.49.